The molecule has 3 aromatic rings. The van der Waals surface area contributed by atoms with E-state index in [1.165, 1.54) is 37.2 Å². The molecule has 3 aliphatic rings. The smallest absolute Gasteiger partial charge is 0.0648 e. The molecule has 0 spiro atoms. The number of hydrogen-bond donors (Lipinski definition) is 0. The Kier molecular flexibility index (Phi) is 4.93. The zero-order valence-corrected chi connectivity index (χ0v) is 16.2. The molecule has 0 aliphatic carbocycles. The summed E-state index contributed by atoms with van der Waals surface area (Å²) in [6.07, 6.45) is 8.40. The van der Waals surface area contributed by atoms with Gasteiger partial charge in [0.25, 0.3) is 0 Å². The van der Waals surface area contributed by atoms with Gasteiger partial charge in [0.05, 0.1) is 11.4 Å². The molecule has 5 heteroatoms. The fraction of sp³-hybridized carbons (Fsp3) is 0.391. The highest BCUT2D eigenvalue weighted by atomic mass is 15.3. The first-order valence-corrected chi connectivity index (χ1v) is 10.3. The van der Waals surface area contributed by atoms with E-state index in [0.29, 0.717) is 6.04 Å². The Morgan fingerprint density at radius 3 is 2.75 bits per heavy atom. The number of benzene rings is 1. The SMILES string of the molecule is c1ccc(CN2C[C@H]3CC[C@@H](C2)N(Cc2cccc(-n4cccn4)c2)C3)nc1. The fourth-order valence-corrected chi connectivity index (χ4v) is 4.77. The Hall–Kier alpha value is -2.50. The zero-order valence-electron chi connectivity index (χ0n) is 16.2. The molecule has 0 amide bonds. The molecule has 5 nitrogen and oxygen atoms in total. The van der Waals surface area contributed by atoms with Gasteiger partial charge in [0.1, 0.15) is 0 Å². The first kappa shape index (κ1) is 17.6. The van der Waals surface area contributed by atoms with Gasteiger partial charge in [-0.15, -0.1) is 0 Å². The van der Waals surface area contributed by atoms with Gasteiger partial charge in [-0.05, 0) is 54.7 Å². The Morgan fingerprint density at radius 2 is 1.89 bits per heavy atom. The number of piperidine rings is 1. The van der Waals surface area contributed by atoms with Crippen LogP contribution >= 0.6 is 0 Å². The van der Waals surface area contributed by atoms with Crippen molar-refractivity contribution in [3.63, 3.8) is 0 Å². The van der Waals surface area contributed by atoms with Crippen LogP contribution in [0.3, 0.4) is 0 Å². The van der Waals surface area contributed by atoms with E-state index in [1.807, 2.05) is 35.4 Å². The molecule has 2 atom stereocenters. The summed E-state index contributed by atoms with van der Waals surface area (Å²) < 4.78 is 1.94. The molecule has 0 N–H and O–H groups in total. The number of aromatic nitrogens is 3. The Bertz CT molecular complexity index is 892. The van der Waals surface area contributed by atoms with Crippen LogP contribution in [0.4, 0.5) is 0 Å². The van der Waals surface area contributed by atoms with Crippen molar-refractivity contribution in [1.82, 2.24) is 24.6 Å². The van der Waals surface area contributed by atoms with E-state index >= 15 is 0 Å². The van der Waals surface area contributed by atoms with Crippen LogP contribution < -0.4 is 0 Å². The van der Waals surface area contributed by atoms with Crippen LogP contribution in [0.5, 0.6) is 0 Å². The van der Waals surface area contributed by atoms with E-state index < -0.39 is 0 Å². The maximum atomic E-state index is 4.53. The Labute approximate surface area is 166 Å². The molecule has 1 aromatic carbocycles. The van der Waals surface area contributed by atoms with Crippen LogP contribution in [0, 0.1) is 5.92 Å². The van der Waals surface area contributed by atoms with Crippen molar-refractivity contribution in [2.24, 2.45) is 5.92 Å². The quantitative estimate of drug-likeness (QED) is 0.687. The van der Waals surface area contributed by atoms with Gasteiger partial charge in [-0.1, -0.05) is 18.2 Å². The normalized spacial score (nSPS) is 23.0. The fourth-order valence-electron chi connectivity index (χ4n) is 4.77. The lowest BCUT2D eigenvalue weighted by molar-refractivity contribution is 0.123. The summed E-state index contributed by atoms with van der Waals surface area (Å²) in [7, 11) is 0. The summed E-state index contributed by atoms with van der Waals surface area (Å²) in [5, 5.41) is 4.37. The van der Waals surface area contributed by atoms with E-state index in [0.717, 1.165) is 31.2 Å². The van der Waals surface area contributed by atoms with Gasteiger partial charge in [0.15, 0.2) is 0 Å². The van der Waals surface area contributed by atoms with Crippen molar-refractivity contribution in [1.29, 1.82) is 0 Å². The van der Waals surface area contributed by atoms with Crippen molar-refractivity contribution >= 4 is 0 Å². The molecule has 0 unspecified atom stereocenters. The predicted octanol–water partition coefficient (Wildman–Crippen LogP) is 3.36. The minimum absolute atomic E-state index is 0.635. The van der Waals surface area contributed by atoms with Gasteiger partial charge >= 0.3 is 0 Å². The minimum Gasteiger partial charge on any atom is -0.296 e. The first-order valence-electron chi connectivity index (χ1n) is 10.3. The van der Waals surface area contributed by atoms with Crippen molar-refractivity contribution in [3.8, 4) is 5.69 Å². The maximum absolute atomic E-state index is 4.53. The monoisotopic (exact) mass is 373 g/mol. The summed E-state index contributed by atoms with van der Waals surface area (Å²) in [6, 6.07) is 17.6. The van der Waals surface area contributed by atoms with E-state index in [4.69, 9.17) is 0 Å². The first-order chi connectivity index (χ1) is 13.8. The zero-order chi connectivity index (χ0) is 18.8. The summed E-state index contributed by atoms with van der Waals surface area (Å²) in [4.78, 5) is 9.85. The van der Waals surface area contributed by atoms with Crippen LogP contribution in [0.15, 0.2) is 67.1 Å². The third-order valence-corrected chi connectivity index (χ3v) is 6.08. The van der Waals surface area contributed by atoms with E-state index in [-0.39, 0.29) is 0 Å². The molecule has 0 saturated carbocycles. The van der Waals surface area contributed by atoms with Gasteiger partial charge in [0, 0.05) is 57.4 Å². The summed E-state index contributed by atoms with van der Waals surface area (Å²) >= 11 is 0. The molecule has 3 aliphatic heterocycles. The molecule has 2 aromatic heterocycles. The van der Waals surface area contributed by atoms with Gasteiger partial charge in [-0.25, -0.2) is 4.68 Å². The Balaban J connectivity index is 1.29. The summed E-state index contributed by atoms with van der Waals surface area (Å²) in [5.41, 5.74) is 3.69. The highest BCUT2D eigenvalue weighted by Gasteiger charge is 2.34. The van der Waals surface area contributed by atoms with Crippen LogP contribution in [0.1, 0.15) is 24.1 Å². The average molecular weight is 374 g/mol. The van der Waals surface area contributed by atoms with Crippen LogP contribution in [0.2, 0.25) is 0 Å². The second-order valence-electron chi connectivity index (χ2n) is 8.16. The molecular formula is C23H27N5. The molecule has 6 rings (SSSR count). The van der Waals surface area contributed by atoms with Gasteiger partial charge in [-0.3, -0.25) is 14.8 Å². The maximum Gasteiger partial charge on any atom is 0.0648 e. The lowest BCUT2D eigenvalue weighted by Gasteiger charge is -2.36. The van der Waals surface area contributed by atoms with Gasteiger partial charge in [0.2, 0.25) is 0 Å². The number of nitrogens with zero attached hydrogens (tertiary/aromatic N) is 5. The van der Waals surface area contributed by atoms with Crippen LogP contribution in [-0.2, 0) is 13.1 Å². The van der Waals surface area contributed by atoms with E-state index in [9.17, 15) is 0 Å². The van der Waals surface area contributed by atoms with E-state index in [1.54, 1.807) is 0 Å². The number of fused-ring (bicyclic) bond motifs is 4. The summed E-state index contributed by atoms with van der Waals surface area (Å²) in [5.74, 6) is 0.761. The second kappa shape index (κ2) is 7.86. The standard InChI is InChI=1S/C23H27N5/c1-2-10-24-21(6-1)17-26-14-20-8-9-23(18-26)27(16-20)15-19-5-3-7-22(13-19)28-12-4-11-25-28/h1-7,10-13,20,23H,8-9,14-18H2/t20-,23+/m1/s1. The predicted molar refractivity (Wildman–Crippen MR) is 110 cm³/mol. The molecule has 144 valence electrons. The van der Waals surface area contributed by atoms with Gasteiger partial charge < -0.3 is 0 Å². The number of pyridine rings is 1. The van der Waals surface area contributed by atoms with Crippen molar-refractivity contribution in [3.05, 3.63) is 78.4 Å². The lowest BCUT2D eigenvalue weighted by atomic mass is 9.94. The number of hydrogen-bond acceptors (Lipinski definition) is 4. The lowest BCUT2D eigenvalue weighted by Crippen LogP contribution is -2.43. The summed E-state index contributed by atoms with van der Waals surface area (Å²) in [6.45, 7) is 5.53. The molecule has 3 saturated heterocycles. The molecule has 2 bridgehead atoms. The third-order valence-electron chi connectivity index (χ3n) is 6.08. The highest BCUT2D eigenvalue weighted by molar-refractivity contribution is 5.35. The number of rotatable bonds is 5. The highest BCUT2D eigenvalue weighted by Crippen LogP contribution is 2.30. The van der Waals surface area contributed by atoms with Crippen molar-refractivity contribution in [2.45, 2.75) is 32.0 Å². The van der Waals surface area contributed by atoms with E-state index in [2.05, 4.69) is 56.3 Å². The van der Waals surface area contributed by atoms with Crippen molar-refractivity contribution in [2.75, 3.05) is 19.6 Å². The minimum atomic E-state index is 0.635. The Morgan fingerprint density at radius 1 is 0.893 bits per heavy atom. The molecule has 3 fully saturated rings. The van der Waals surface area contributed by atoms with Crippen LogP contribution in [-0.4, -0.2) is 50.2 Å². The molecule has 28 heavy (non-hydrogen) atoms. The van der Waals surface area contributed by atoms with Crippen molar-refractivity contribution < 1.29 is 0 Å². The largest absolute Gasteiger partial charge is 0.296 e. The average Bonchev–Trinajstić information content (AvgIpc) is 3.13. The second-order valence-corrected chi connectivity index (χ2v) is 8.16. The molecule has 0 radical (unpaired) electrons. The molecular weight excluding hydrogens is 346 g/mol. The molecule has 5 heterocycles. The topological polar surface area (TPSA) is 37.2 Å². The van der Waals surface area contributed by atoms with Gasteiger partial charge in [-0.2, -0.15) is 5.10 Å². The van der Waals surface area contributed by atoms with Crippen LogP contribution in [0.25, 0.3) is 5.69 Å². The third kappa shape index (κ3) is 3.86.